The summed E-state index contributed by atoms with van der Waals surface area (Å²) in [6.45, 7) is 17.0. The molecule has 0 spiro atoms. The Kier molecular flexibility index (Phi) is 8.92. The molecule has 1 aliphatic rings. The maximum Gasteiger partial charge on any atom is 0.0215 e. The first-order valence-electron chi connectivity index (χ1n) is 14.8. The normalized spacial score (nSPS) is 13.1. The molecule has 0 radical (unpaired) electrons. The number of halogens is 2. The lowest BCUT2D eigenvalue weighted by molar-refractivity contribution is 0.422. The van der Waals surface area contributed by atoms with Crippen molar-refractivity contribution in [3.8, 4) is 33.4 Å². The molecule has 2 heteroatoms. The number of hydrogen-bond acceptors (Lipinski definition) is 0. The Labute approximate surface area is 263 Å². The highest BCUT2D eigenvalue weighted by Crippen LogP contribution is 2.56. The van der Waals surface area contributed by atoms with Gasteiger partial charge in [0, 0.05) is 14.4 Å². The molecular weight excluding hydrogens is 628 g/mol. The zero-order valence-electron chi connectivity index (χ0n) is 24.8. The van der Waals surface area contributed by atoms with E-state index in [9.17, 15) is 0 Å². The van der Waals surface area contributed by atoms with Crippen LogP contribution in [0.1, 0.15) is 71.9 Å². The third kappa shape index (κ3) is 5.58. The Balaban J connectivity index is 1.75. The third-order valence-electron chi connectivity index (χ3n) is 8.96. The predicted octanol–water partition coefficient (Wildman–Crippen LogP) is 12.8. The summed E-state index contributed by atoms with van der Waals surface area (Å²) < 4.78 is 2.28. The van der Waals surface area contributed by atoms with Gasteiger partial charge in [-0.15, -0.1) is 13.2 Å². The summed E-state index contributed by atoms with van der Waals surface area (Å²) in [5.41, 5.74) is 16.3. The van der Waals surface area contributed by atoms with Gasteiger partial charge in [0.15, 0.2) is 0 Å². The maximum absolute atomic E-state index is 4.05. The van der Waals surface area contributed by atoms with Gasteiger partial charge in [-0.1, -0.05) is 68.3 Å². The van der Waals surface area contributed by atoms with Crippen molar-refractivity contribution >= 4 is 31.9 Å². The second kappa shape index (κ2) is 12.3. The van der Waals surface area contributed by atoms with Gasteiger partial charge in [0.05, 0.1) is 0 Å². The van der Waals surface area contributed by atoms with Crippen molar-refractivity contribution in [2.45, 2.75) is 71.6 Å². The molecule has 4 aromatic rings. The summed E-state index contributed by atoms with van der Waals surface area (Å²) >= 11 is 7.40. The van der Waals surface area contributed by atoms with Gasteiger partial charge in [0.2, 0.25) is 0 Å². The van der Waals surface area contributed by atoms with E-state index >= 15 is 0 Å². The van der Waals surface area contributed by atoms with Crippen molar-refractivity contribution in [1.82, 2.24) is 0 Å². The Morgan fingerprint density at radius 1 is 0.585 bits per heavy atom. The fourth-order valence-corrected chi connectivity index (χ4v) is 8.67. The van der Waals surface area contributed by atoms with Crippen LogP contribution in [0.15, 0.2) is 94.9 Å². The minimum absolute atomic E-state index is 0.0446. The molecule has 210 valence electrons. The molecule has 0 nitrogen and oxygen atoms in total. The van der Waals surface area contributed by atoms with Gasteiger partial charge in [-0.25, -0.2) is 0 Å². The summed E-state index contributed by atoms with van der Waals surface area (Å²) in [4.78, 5) is 0. The molecule has 4 aromatic carbocycles. The number of unbranched alkanes of at least 4 members (excludes halogenated alkanes) is 2. The van der Waals surface area contributed by atoms with Gasteiger partial charge < -0.3 is 0 Å². The molecule has 0 amide bonds. The van der Waals surface area contributed by atoms with Crippen LogP contribution in [0, 0.1) is 27.7 Å². The summed E-state index contributed by atoms with van der Waals surface area (Å²) in [5, 5.41) is 0. The number of rotatable bonds is 10. The molecule has 0 saturated heterocycles. The number of aryl methyl sites for hydroxylation is 4. The van der Waals surface area contributed by atoms with Gasteiger partial charge >= 0.3 is 0 Å². The molecular formula is C39H40Br2. The molecule has 0 bridgehead atoms. The summed E-state index contributed by atoms with van der Waals surface area (Å²) in [6.07, 6.45) is 10.7. The zero-order chi connectivity index (χ0) is 29.3. The lowest BCUT2D eigenvalue weighted by Gasteiger charge is -2.33. The summed E-state index contributed by atoms with van der Waals surface area (Å²) in [7, 11) is 0. The minimum Gasteiger partial charge on any atom is -0.103 e. The van der Waals surface area contributed by atoms with Gasteiger partial charge in [0.1, 0.15) is 0 Å². The minimum atomic E-state index is -0.0446. The topological polar surface area (TPSA) is 0 Å². The van der Waals surface area contributed by atoms with Crippen LogP contribution < -0.4 is 0 Å². The standard InChI is InChI=1S/C39H40Br2/c1-7-9-11-17-39(18-12-10-8-2)35-23-29(37-25(3)19-31(40)20-26(37)4)13-15-33(35)34-16-14-30(24-36(34)39)38-27(5)21-32(41)22-28(38)6/h7-8,13-16,19-24H,1-2,9-12,17-18H2,3-6H3. The van der Waals surface area contributed by atoms with E-state index < -0.39 is 0 Å². The fourth-order valence-electron chi connectivity index (χ4n) is 7.30. The highest BCUT2D eigenvalue weighted by atomic mass is 79.9. The van der Waals surface area contributed by atoms with Gasteiger partial charge in [-0.2, -0.15) is 0 Å². The lowest BCUT2D eigenvalue weighted by atomic mass is 9.70. The van der Waals surface area contributed by atoms with Crippen LogP contribution in [-0.4, -0.2) is 0 Å². The molecule has 0 fully saturated rings. The van der Waals surface area contributed by atoms with E-state index in [0.717, 1.165) is 47.5 Å². The van der Waals surface area contributed by atoms with E-state index in [-0.39, 0.29) is 5.41 Å². The smallest absolute Gasteiger partial charge is 0.0215 e. The molecule has 5 rings (SSSR count). The molecule has 0 heterocycles. The second-order valence-electron chi connectivity index (χ2n) is 11.8. The van der Waals surface area contributed by atoms with E-state index in [2.05, 4.69) is 146 Å². The van der Waals surface area contributed by atoms with Gasteiger partial charge in [-0.05, 0) is 169 Å². The van der Waals surface area contributed by atoms with Crippen molar-refractivity contribution in [1.29, 1.82) is 0 Å². The first kappa shape index (κ1) is 29.8. The van der Waals surface area contributed by atoms with Crippen LogP contribution in [0.4, 0.5) is 0 Å². The molecule has 0 aromatic heterocycles. The van der Waals surface area contributed by atoms with Crippen molar-refractivity contribution in [3.05, 3.63) is 128 Å². The molecule has 0 unspecified atom stereocenters. The molecule has 0 saturated carbocycles. The lowest BCUT2D eigenvalue weighted by Crippen LogP contribution is -2.25. The highest BCUT2D eigenvalue weighted by Gasteiger charge is 2.42. The van der Waals surface area contributed by atoms with Gasteiger partial charge in [0.25, 0.3) is 0 Å². The van der Waals surface area contributed by atoms with E-state index in [1.807, 2.05) is 0 Å². The number of hydrogen-bond donors (Lipinski definition) is 0. The Morgan fingerprint density at radius 3 is 1.29 bits per heavy atom. The Bertz CT molecular complexity index is 1470. The van der Waals surface area contributed by atoms with Crippen LogP contribution in [-0.2, 0) is 5.41 Å². The Hall–Kier alpha value is -2.68. The van der Waals surface area contributed by atoms with Crippen molar-refractivity contribution in [3.63, 3.8) is 0 Å². The first-order valence-corrected chi connectivity index (χ1v) is 16.3. The molecule has 0 aliphatic heterocycles. The van der Waals surface area contributed by atoms with Crippen molar-refractivity contribution < 1.29 is 0 Å². The molecule has 0 N–H and O–H groups in total. The molecule has 1 aliphatic carbocycles. The maximum atomic E-state index is 4.05. The van der Waals surface area contributed by atoms with Crippen LogP contribution in [0.25, 0.3) is 33.4 Å². The largest absolute Gasteiger partial charge is 0.103 e. The zero-order valence-corrected chi connectivity index (χ0v) is 28.0. The fraction of sp³-hybridized carbons (Fsp3) is 0.282. The quantitative estimate of drug-likeness (QED) is 0.117. The van der Waals surface area contributed by atoms with Crippen LogP contribution in [0.2, 0.25) is 0 Å². The average Bonchev–Trinajstić information content (AvgIpc) is 3.17. The number of allylic oxidation sites excluding steroid dienone is 2. The van der Waals surface area contributed by atoms with Crippen molar-refractivity contribution in [2.75, 3.05) is 0 Å². The molecule has 41 heavy (non-hydrogen) atoms. The second-order valence-corrected chi connectivity index (χ2v) is 13.6. The number of fused-ring (bicyclic) bond motifs is 3. The first-order chi connectivity index (χ1) is 19.7. The number of benzene rings is 4. The Morgan fingerprint density at radius 2 is 0.951 bits per heavy atom. The summed E-state index contributed by atoms with van der Waals surface area (Å²) in [6, 6.07) is 23.5. The predicted molar refractivity (Wildman–Crippen MR) is 186 cm³/mol. The average molecular weight is 669 g/mol. The SMILES string of the molecule is C=CCCCC1(CCCC=C)c2cc(-c3c(C)cc(Br)cc3C)ccc2-c2ccc(-c3c(C)cc(Br)cc3C)cc21. The third-order valence-corrected chi connectivity index (χ3v) is 9.87. The molecule has 0 atom stereocenters. The van der Waals surface area contributed by atoms with E-state index in [0.29, 0.717) is 0 Å². The van der Waals surface area contributed by atoms with Crippen LogP contribution in [0.5, 0.6) is 0 Å². The van der Waals surface area contributed by atoms with E-state index in [1.54, 1.807) is 0 Å². The van der Waals surface area contributed by atoms with Gasteiger partial charge in [-0.3, -0.25) is 0 Å². The van der Waals surface area contributed by atoms with Crippen LogP contribution in [0.3, 0.4) is 0 Å². The van der Waals surface area contributed by atoms with Crippen molar-refractivity contribution in [2.24, 2.45) is 0 Å². The monoisotopic (exact) mass is 666 g/mol. The highest BCUT2D eigenvalue weighted by molar-refractivity contribution is 9.10. The van der Waals surface area contributed by atoms with E-state index in [4.69, 9.17) is 0 Å². The van der Waals surface area contributed by atoms with Crippen LogP contribution >= 0.6 is 31.9 Å². The summed E-state index contributed by atoms with van der Waals surface area (Å²) in [5.74, 6) is 0. The van der Waals surface area contributed by atoms with E-state index in [1.165, 1.54) is 66.8 Å².